The number of benzene rings is 1. The summed E-state index contributed by atoms with van der Waals surface area (Å²) < 4.78 is 15.1. The van der Waals surface area contributed by atoms with E-state index in [1.54, 1.807) is 24.0 Å². The van der Waals surface area contributed by atoms with Gasteiger partial charge < -0.3 is 4.90 Å². The van der Waals surface area contributed by atoms with E-state index in [0.29, 0.717) is 44.0 Å². The van der Waals surface area contributed by atoms with E-state index in [2.05, 4.69) is 10.00 Å². The number of carbonyl (C=O) groups is 1. The number of piperazine rings is 1. The van der Waals surface area contributed by atoms with Crippen LogP contribution >= 0.6 is 0 Å². The molecule has 2 aromatic rings. The van der Waals surface area contributed by atoms with Crippen LogP contribution in [0.15, 0.2) is 30.5 Å². The first-order valence-corrected chi connectivity index (χ1v) is 8.36. The Bertz CT molecular complexity index is 814. The molecule has 1 saturated heterocycles. The Morgan fingerprint density at radius 2 is 1.96 bits per heavy atom. The van der Waals surface area contributed by atoms with Gasteiger partial charge in [-0.2, -0.15) is 5.10 Å². The first-order valence-electron chi connectivity index (χ1n) is 8.36. The van der Waals surface area contributed by atoms with Crippen LogP contribution in [-0.4, -0.2) is 56.6 Å². The van der Waals surface area contributed by atoms with E-state index in [1.165, 1.54) is 10.7 Å². The maximum atomic E-state index is 13.7. The molecule has 0 radical (unpaired) electrons. The molecule has 1 aliphatic heterocycles. The molecule has 26 heavy (non-hydrogen) atoms. The summed E-state index contributed by atoms with van der Waals surface area (Å²) in [6.45, 7) is 4.44. The third kappa shape index (κ3) is 3.88. The van der Waals surface area contributed by atoms with E-state index in [1.807, 2.05) is 6.07 Å². The average Bonchev–Trinajstić information content (AvgIpc) is 2.98. The lowest BCUT2D eigenvalue weighted by Crippen LogP contribution is -2.49. The van der Waals surface area contributed by atoms with Crippen molar-refractivity contribution >= 4 is 11.6 Å². The Morgan fingerprint density at radius 1 is 1.27 bits per heavy atom. The quantitative estimate of drug-likeness (QED) is 0.596. The van der Waals surface area contributed by atoms with E-state index in [4.69, 9.17) is 0 Å². The molecule has 0 spiro atoms. The number of halogens is 1. The van der Waals surface area contributed by atoms with Gasteiger partial charge in [0.1, 0.15) is 24.3 Å². The van der Waals surface area contributed by atoms with Crippen LogP contribution in [0.2, 0.25) is 0 Å². The largest absolute Gasteiger partial charge is 0.339 e. The van der Waals surface area contributed by atoms with Gasteiger partial charge in [-0.3, -0.25) is 24.5 Å². The van der Waals surface area contributed by atoms with E-state index < -0.39 is 4.92 Å². The highest BCUT2D eigenvalue weighted by molar-refractivity contribution is 5.76. The highest BCUT2D eigenvalue weighted by atomic mass is 19.1. The van der Waals surface area contributed by atoms with Crippen molar-refractivity contribution in [3.05, 3.63) is 57.7 Å². The monoisotopic (exact) mass is 361 g/mol. The summed E-state index contributed by atoms with van der Waals surface area (Å²) in [6.07, 6.45) is 1.16. The van der Waals surface area contributed by atoms with E-state index in [0.717, 1.165) is 6.20 Å². The highest BCUT2D eigenvalue weighted by Gasteiger charge is 2.24. The van der Waals surface area contributed by atoms with Crippen molar-refractivity contribution in [2.24, 2.45) is 0 Å². The lowest BCUT2D eigenvalue weighted by molar-refractivity contribution is -0.385. The molecule has 3 rings (SSSR count). The Hall–Kier alpha value is -2.81. The Labute approximate surface area is 150 Å². The fourth-order valence-corrected chi connectivity index (χ4v) is 3.03. The lowest BCUT2D eigenvalue weighted by Gasteiger charge is -2.34. The molecule has 1 fully saturated rings. The third-order valence-electron chi connectivity index (χ3n) is 4.64. The summed E-state index contributed by atoms with van der Waals surface area (Å²) in [6, 6.07) is 6.68. The summed E-state index contributed by atoms with van der Waals surface area (Å²) in [7, 11) is 0. The highest BCUT2D eigenvalue weighted by Crippen LogP contribution is 2.17. The Morgan fingerprint density at radius 3 is 2.58 bits per heavy atom. The molecule has 1 amide bonds. The minimum Gasteiger partial charge on any atom is -0.339 e. The molecule has 1 aromatic carbocycles. The maximum Gasteiger partial charge on any atom is 0.309 e. The van der Waals surface area contributed by atoms with Crippen molar-refractivity contribution in [2.45, 2.75) is 20.0 Å². The van der Waals surface area contributed by atoms with Gasteiger partial charge in [-0.1, -0.05) is 18.2 Å². The number of hydrogen-bond donors (Lipinski definition) is 0. The summed E-state index contributed by atoms with van der Waals surface area (Å²) in [5.41, 5.74) is 0.917. The van der Waals surface area contributed by atoms with Crippen LogP contribution in [-0.2, 0) is 17.9 Å². The fraction of sp³-hybridized carbons (Fsp3) is 0.412. The van der Waals surface area contributed by atoms with Gasteiger partial charge >= 0.3 is 5.69 Å². The van der Waals surface area contributed by atoms with Crippen LogP contribution < -0.4 is 0 Å². The van der Waals surface area contributed by atoms with Crippen LogP contribution in [0.5, 0.6) is 0 Å². The smallest absolute Gasteiger partial charge is 0.309 e. The van der Waals surface area contributed by atoms with Crippen molar-refractivity contribution in [3.63, 3.8) is 0 Å². The SMILES string of the molecule is Cc1c([N+](=O)[O-])cnn1CC(=O)N1CCN(Cc2ccccc2F)CC1. The molecule has 1 aromatic heterocycles. The second kappa shape index (κ2) is 7.61. The number of nitro groups is 1. The van der Waals surface area contributed by atoms with Crippen molar-refractivity contribution in [1.29, 1.82) is 0 Å². The van der Waals surface area contributed by atoms with Crippen LogP contribution in [0.4, 0.5) is 10.1 Å². The third-order valence-corrected chi connectivity index (χ3v) is 4.64. The second-order valence-electron chi connectivity index (χ2n) is 6.28. The first-order chi connectivity index (χ1) is 12.5. The normalized spacial score (nSPS) is 15.2. The first kappa shape index (κ1) is 18.0. The zero-order chi connectivity index (χ0) is 18.7. The number of rotatable bonds is 5. The van der Waals surface area contributed by atoms with Crippen LogP contribution in [0.1, 0.15) is 11.3 Å². The average molecular weight is 361 g/mol. The molecular formula is C17H20FN5O3. The predicted octanol–water partition coefficient (Wildman–Crippen LogP) is 1.58. The van der Waals surface area contributed by atoms with Gasteiger partial charge in [-0.05, 0) is 13.0 Å². The predicted molar refractivity (Wildman–Crippen MR) is 91.9 cm³/mol. The molecule has 9 heteroatoms. The number of aromatic nitrogens is 2. The molecule has 0 N–H and O–H groups in total. The zero-order valence-corrected chi connectivity index (χ0v) is 14.5. The van der Waals surface area contributed by atoms with E-state index >= 15 is 0 Å². The van der Waals surface area contributed by atoms with Crippen LogP contribution in [0, 0.1) is 22.9 Å². The number of hydrogen-bond acceptors (Lipinski definition) is 5. The van der Waals surface area contributed by atoms with Gasteiger partial charge in [0.05, 0.1) is 4.92 Å². The fourth-order valence-electron chi connectivity index (χ4n) is 3.03. The Kier molecular flexibility index (Phi) is 5.27. The van der Waals surface area contributed by atoms with Gasteiger partial charge in [-0.25, -0.2) is 4.39 Å². The van der Waals surface area contributed by atoms with Gasteiger partial charge in [0, 0.05) is 38.3 Å². The molecule has 8 nitrogen and oxygen atoms in total. The molecular weight excluding hydrogens is 341 g/mol. The number of nitrogens with zero attached hydrogens (tertiary/aromatic N) is 5. The molecule has 0 atom stereocenters. The topological polar surface area (TPSA) is 84.5 Å². The summed E-state index contributed by atoms with van der Waals surface area (Å²) in [5.74, 6) is -0.349. The molecule has 2 heterocycles. The molecule has 1 aliphatic rings. The number of amides is 1. The lowest BCUT2D eigenvalue weighted by atomic mass is 10.2. The number of carbonyl (C=O) groups excluding carboxylic acids is 1. The van der Waals surface area contributed by atoms with Gasteiger partial charge in [0.15, 0.2) is 0 Å². The molecule has 138 valence electrons. The molecule has 0 unspecified atom stereocenters. The maximum absolute atomic E-state index is 13.7. The molecule has 0 aliphatic carbocycles. The van der Waals surface area contributed by atoms with Gasteiger partial charge in [0.2, 0.25) is 5.91 Å². The van der Waals surface area contributed by atoms with Crippen molar-refractivity contribution < 1.29 is 14.1 Å². The minimum absolute atomic E-state index is 0.0208. The zero-order valence-electron chi connectivity index (χ0n) is 14.5. The van der Waals surface area contributed by atoms with Gasteiger partial charge in [-0.15, -0.1) is 0 Å². The standard InChI is InChI=1S/C17H20FN5O3/c1-13-16(23(25)26)10-19-22(13)12-17(24)21-8-6-20(7-9-21)11-14-4-2-3-5-15(14)18/h2-5,10H,6-9,11-12H2,1H3. The van der Waals surface area contributed by atoms with Crippen LogP contribution in [0.3, 0.4) is 0 Å². The van der Waals surface area contributed by atoms with Gasteiger partial charge in [0.25, 0.3) is 0 Å². The molecule has 0 saturated carbocycles. The summed E-state index contributed by atoms with van der Waals surface area (Å²) in [4.78, 5) is 26.6. The van der Waals surface area contributed by atoms with Crippen molar-refractivity contribution in [2.75, 3.05) is 26.2 Å². The summed E-state index contributed by atoms with van der Waals surface area (Å²) >= 11 is 0. The van der Waals surface area contributed by atoms with Crippen molar-refractivity contribution in [3.8, 4) is 0 Å². The Balaban J connectivity index is 1.54. The van der Waals surface area contributed by atoms with E-state index in [9.17, 15) is 19.3 Å². The van der Waals surface area contributed by atoms with Crippen LogP contribution in [0.25, 0.3) is 0 Å². The van der Waals surface area contributed by atoms with E-state index in [-0.39, 0.29) is 24.0 Å². The van der Waals surface area contributed by atoms with Crippen molar-refractivity contribution in [1.82, 2.24) is 19.6 Å². The second-order valence-corrected chi connectivity index (χ2v) is 6.28. The molecule has 0 bridgehead atoms. The summed E-state index contributed by atoms with van der Waals surface area (Å²) in [5, 5.41) is 14.8. The minimum atomic E-state index is -0.509.